The van der Waals surface area contributed by atoms with Crippen LogP contribution in [0.1, 0.15) is 35.6 Å². The van der Waals surface area contributed by atoms with E-state index in [2.05, 4.69) is 24.5 Å². The Hall–Kier alpha value is -0.420. The second kappa shape index (κ2) is 6.95. The van der Waals surface area contributed by atoms with E-state index in [0.29, 0.717) is 0 Å². The van der Waals surface area contributed by atoms with Gasteiger partial charge in [-0.3, -0.25) is 11.3 Å². The maximum Gasteiger partial charge on any atom is 0.0554 e. The highest BCUT2D eigenvalue weighted by atomic mass is 32.1. The minimum atomic E-state index is 0.269. The molecule has 3 N–H and O–H groups in total. The number of hydrogen-bond acceptors (Lipinski definition) is 4. The molecule has 0 amide bonds. The summed E-state index contributed by atoms with van der Waals surface area (Å²) in [4.78, 5) is 2.74. The van der Waals surface area contributed by atoms with Crippen molar-refractivity contribution >= 4 is 11.3 Å². The zero-order valence-corrected chi connectivity index (χ0v) is 10.3. The first-order valence-electron chi connectivity index (χ1n) is 5.35. The van der Waals surface area contributed by atoms with Crippen LogP contribution in [-0.4, -0.2) is 13.7 Å². The Morgan fingerprint density at radius 2 is 2.33 bits per heavy atom. The van der Waals surface area contributed by atoms with Crippen molar-refractivity contribution in [1.82, 2.24) is 5.43 Å². The summed E-state index contributed by atoms with van der Waals surface area (Å²) in [6.45, 7) is 2.97. The Morgan fingerprint density at radius 3 is 2.87 bits per heavy atom. The summed E-state index contributed by atoms with van der Waals surface area (Å²) >= 11 is 1.84. The van der Waals surface area contributed by atoms with Crippen molar-refractivity contribution in [3.63, 3.8) is 0 Å². The Labute approximate surface area is 95.6 Å². The highest BCUT2D eigenvalue weighted by Gasteiger charge is 2.11. The van der Waals surface area contributed by atoms with Crippen LogP contribution < -0.4 is 11.3 Å². The molecule has 0 radical (unpaired) electrons. The number of ether oxygens (including phenoxy) is 1. The Balaban J connectivity index is 2.49. The summed E-state index contributed by atoms with van der Waals surface area (Å²) in [6.07, 6.45) is 3.15. The summed E-state index contributed by atoms with van der Waals surface area (Å²) in [6, 6.07) is 4.62. The van der Waals surface area contributed by atoms with Crippen LogP contribution in [0.15, 0.2) is 12.1 Å². The molecule has 4 heteroatoms. The van der Waals surface area contributed by atoms with Crippen LogP contribution in [0.25, 0.3) is 0 Å². The van der Waals surface area contributed by atoms with E-state index in [-0.39, 0.29) is 6.04 Å². The lowest BCUT2D eigenvalue weighted by Gasteiger charge is -2.13. The third kappa shape index (κ3) is 3.91. The number of rotatable bonds is 7. The predicted octanol–water partition coefficient (Wildman–Crippen LogP) is 2.24. The molecule has 1 aromatic rings. The monoisotopic (exact) mass is 228 g/mol. The molecule has 0 aliphatic heterocycles. The first-order valence-corrected chi connectivity index (χ1v) is 6.17. The molecule has 1 heterocycles. The van der Waals surface area contributed by atoms with Crippen LogP contribution >= 0.6 is 11.3 Å². The molecule has 0 spiro atoms. The summed E-state index contributed by atoms with van der Waals surface area (Å²) in [5.74, 6) is 5.55. The second-order valence-corrected chi connectivity index (χ2v) is 4.71. The summed E-state index contributed by atoms with van der Waals surface area (Å²) in [5, 5.41) is 0. The minimum Gasteiger partial charge on any atom is -0.385 e. The van der Waals surface area contributed by atoms with Crippen LogP contribution in [0.5, 0.6) is 0 Å². The second-order valence-electron chi connectivity index (χ2n) is 3.51. The molecule has 1 aromatic heterocycles. The van der Waals surface area contributed by atoms with E-state index in [1.807, 2.05) is 11.3 Å². The lowest BCUT2D eigenvalue weighted by molar-refractivity contribution is 0.189. The Morgan fingerprint density at radius 1 is 1.53 bits per heavy atom. The van der Waals surface area contributed by atoms with Gasteiger partial charge < -0.3 is 4.74 Å². The number of thiophene rings is 1. The molecule has 0 aliphatic rings. The standard InChI is InChI=1S/C11H20N2OS/c1-3-9-6-7-11(15-9)10(13-12)5-4-8-14-2/h6-7,10,13H,3-5,8,12H2,1-2H3. The average Bonchev–Trinajstić information content (AvgIpc) is 2.73. The fourth-order valence-corrected chi connectivity index (χ4v) is 2.56. The van der Waals surface area contributed by atoms with Gasteiger partial charge in [-0.2, -0.15) is 0 Å². The van der Waals surface area contributed by atoms with Gasteiger partial charge in [-0.1, -0.05) is 6.92 Å². The molecule has 0 saturated heterocycles. The molecule has 86 valence electrons. The van der Waals surface area contributed by atoms with Crippen molar-refractivity contribution in [2.24, 2.45) is 5.84 Å². The largest absolute Gasteiger partial charge is 0.385 e. The zero-order valence-electron chi connectivity index (χ0n) is 9.45. The smallest absolute Gasteiger partial charge is 0.0554 e. The molecule has 0 fully saturated rings. The SMILES string of the molecule is CCc1ccc(C(CCCOC)NN)s1. The molecule has 0 aliphatic carbocycles. The summed E-state index contributed by atoms with van der Waals surface area (Å²) < 4.78 is 5.03. The van der Waals surface area contributed by atoms with Gasteiger partial charge in [0.25, 0.3) is 0 Å². The maximum atomic E-state index is 5.55. The average molecular weight is 228 g/mol. The lowest BCUT2D eigenvalue weighted by Crippen LogP contribution is -2.27. The molecule has 15 heavy (non-hydrogen) atoms. The lowest BCUT2D eigenvalue weighted by atomic mass is 10.1. The van der Waals surface area contributed by atoms with Crippen molar-refractivity contribution in [3.8, 4) is 0 Å². The van der Waals surface area contributed by atoms with Crippen molar-refractivity contribution in [1.29, 1.82) is 0 Å². The topological polar surface area (TPSA) is 47.3 Å². The highest BCUT2D eigenvalue weighted by molar-refractivity contribution is 7.12. The van der Waals surface area contributed by atoms with Gasteiger partial charge in [0, 0.05) is 23.5 Å². The fourth-order valence-electron chi connectivity index (χ4n) is 1.51. The van der Waals surface area contributed by atoms with Crippen LogP contribution in [-0.2, 0) is 11.2 Å². The first-order chi connectivity index (χ1) is 7.31. The van der Waals surface area contributed by atoms with Gasteiger partial charge in [0.1, 0.15) is 0 Å². The number of hydrogen-bond donors (Lipinski definition) is 2. The van der Waals surface area contributed by atoms with Gasteiger partial charge in [0.05, 0.1) is 6.04 Å². The van der Waals surface area contributed by atoms with E-state index in [0.717, 1.165) is 25.9 Å². The third-order valence-corrected chi connectivity index (χ3v) is 3.76. The molecule has 1 unspecified atom stereocenters. The molecular weight excluding hydrogens is 208 g/mol. The Bertz CT molecular complexity index is 275. The molecule has 0 saturated carbocycles. The molecule has 1 atom stereocenters. The van der Waals surface area contributed by atoms with Gasteiger partial charge in [-0.15, -0.1) is 11.3 Å². The van der Waals surface area contributed by atoms with Gasteiger partial charge >= 0.3 is 0 Å². The molecule has 3 nitrogen and oxygen atoms in total. The van der Waals surface area contributed by atoms with E-state index >= 15 is 0 Å². The normalized spacial score (nSPS) is 13.0. The van der Waals surface area contributed by atoms with Crippen LogP contribution in [0, 0.1) is 0 Å². The predicted molar refractivity (Wildman–Crippen MR) is 64.9 cm³/mol. The van der Waals surface area contributed by atoms with Crippen LogP contribution in [0.3, 0.4) is 0 Å². The summed E-state index contributed by atoms with van der Waals surface area (Å²) in [7, 11) is 1.73. The maximum absolute atomic E-state index is 5.55. The first kappa shape index (κ1) is 12.6. The van der Waals surface area contributed by atoms with E-state index in [9.17, 15) is 0 Å². The quantitative estimate of drug-likeness (QED) is 0.427. The Kier molecular flexibility index (Phi) is 5.86. The summed E-state index contributed by atoms with van der Waals surface area (Å²) in [5.41, 5.74) is 2.87. The van der Waals surface area contributed by atoms with Crippen LogP contribution in [0.4, 0.5) is 0 Å². The van der Waals surface area contributed by atoms with Crippen molar-refractivity contribution in [2.45, 2.75) is 32.2 Å². The number of hydrazine groups is 1. The van der Waals surface area contributed by atoms with E-state index in [4.69, 9.17) is 10.6 Å². The molecule has 0 aromatic carbocycles. The van der Waals surface area contributed by atoms with Gasteiger partial charge in [-0.25, -0.2) is 0 Å². The zero-order chi connectivity index (χ0) is 11.1. The van der Waals surface area contributed by atoms with Gasteiger partial charge in [0.15, 0.2) is 0 Å². The molecular formula is C11H20N2OS. The van der Waals surface area contributed by atoms with Crippen molar-refractivity contribution in [3.05, 3.63) is 21.9 Å². The van der Waals surface area contributed by atoms with E-state index < -0.39 is 0 Å². The molecule has 1 rings (SSSR count). The minimum absolute atomic E-state index is 0.269. The van der Waals surface area contributed by atoms with E-state index in [1.165, 1.54) is 9.75 Å². The van der Waals surface area contributed by atoms with Gasteiger partial charge in [-0.05, 0) is 31.4 Å². The number of methoxy groups -OCH3 is 1. The fraction of sp³-hybridized carbons (Fsp3) is 0.636. The number of nitrogens with two attached hydrogens (primary N) is 1. The number of aryl methyl sites for hydroxylation is 1. The third-order valence-electron chi connectivity index (χ3n) is 2.42. The van der Waals surface area contributed by atoms with Crippen molar-refractivity contribution in [2.75, 3.05) is 13.7 Å². The van der Waals surface area contributed by atoms with Gasteiger partial charge in [0.2, 0.25) is 0 Å². The number of nitrogens with one attached hydrogen (secondary N) is 1. The van der Waals surface area contributed by atoms with Crippen LogP contribution in [0.2, 0.25) is 0 Å². The van der Waals surface area contributed by atoms with Crippen molar-refractivity contribution < 1.29 is 4.74 Å². The molecule has 0 bridgehead atoms. The van der Waals surface area contributed by atoms with E-state index in [1.54, 1.807) is 7.11 Å². The highest BCUT2D eigenvalue weighted by Crippen LogP contribution is 2.26.